The lowest BCUT2D eigenvalue weighted by Crippen LogP contribution is -2.49. The van der Waals surface area contributed by atoms with Crippen molar-refractivity contribution in [3.8, 4) is 0 Å². The fraction of sp³-hybridized carbons (Fsp3) is 0.211. The van der Waals surface area contributed by atoms with Gasteiger partial charge in [0.1, 0.15) is 11.9 Å². The second kappa shape index (κ2) is 8.74. The molecule has 10 heteroatoms. The first-order chi connectivity index (χ1) is 13.9. The van der Waals surface area contributed by atoms with Gasteiger partial charge in [-0.3, -0.25) is 29.7 Å². The average Bonchev–Trinajstić information content (AvgIpc) is 2.93. The van der Waals surface area contributed by atoms with Gasteiger partial charge in [-0.15, -0.1) is 0 Å². The second-order valence-electron chi connectivity index (χ2n) is 6.19. The summed E-state index contributed by atoms with van der Waals surface area (Å²) in [6, 6.07) is 7.42. The van der Waals surface area contributed by atoms with E-state index in [0.29, 0.717) is 12.2 Å². The molecule has 0 spiro atoms. The van der Waals surface area contributed by atoms with Gasteiger partial charge in [-0.05, 0) is 55.5 Å². The molecule has 1 fully saturated rings. The number of carbonyl (C=O) groups excluding carboxylic acids is 3. The van der Waals surface area contributed by atoms with Gasteiger partial charge in [0.05, 0.1) is 12.0 Å². The molecule has 1 atom stereocenters. The van der Waals surface area contributed by atoms with E-state index in [1.54, 1.807) is 19.1 Å². The maximum Gasteiger partial charge on any atom is 0.271 e. The summed E-state index contributed by atoms with van der Waals surface area (Å²) in [5.74, 6) is -1.80. The van der Waals surface area contributed by atoms with Crippen LogP contribution >= 0.6 is 12.2 Å². The van der Waals surface area contributed by atoms with Gasteiger partial charge in [0.2, 0.25) is 5.91 Å². The van der Waals surface area contributed by atoms with E-state index in [4.69, 9.17) is 12.2 Å². The molecule has 3 rings (SSSR count). The highest BCUT2D eigenvalue weighted by Crippen LogP contribution is 2.20. The van der Waals surface area contributed by atoms with Gasteiger partial charge in [0.25, 0.3) is 11.8 Å². The molecule has 2 heterocycles. The van der Waals surface area contributed by atoms with Crippen LogP contribution in [0, 0.1) is 5.82 Å². The number of nitrogens with zero attached hydrogens (tertiary/aromatic N) is 3. The zero-order valence-electron chi connectivity index (χ0n) is 15.5. The largest absolute Gasteiger partial charge is 0.326 e. The normalized spacial score (nSPS) is 16.1. The summed E-state index contributed by atoms with van der Waals surface area (Å²) in [5, 5.41) is 3.93. The van der Waals surface area contributed by atoms with Gasteiger partial charge in [-0.1, -0.05) is 0 Å². The molecule has 1 saturated heterocycles. The van der Waals surface area contributed by atoms with Crippen molar-refractivity contribution in [3.63, 3.8) is 0 Å². The number of halogens is 1. The summed E-state index contributed by atoms with van der Waals surface area (Å²) in [6.45, 7) is 2.04. The first-order valence-electron chi connectivity index (χ1n) is 8.81. The number of amides is 3. The van der Waals surface area contributed by atoms with E-state index in [-0.39, 0.29) is 17.1 Å². The summed E-state index contributed by atoms with van der Waals surface area (Å²) in [7, 11) is 0. The Bertz CT molecular complexity index is 939. The van der Waals surface area contributed by atoms with Crippen molar-refractivity contribution in [1.29, 1.82) is 0 Å². The van der Waals surface area contributed by atoms with Crippen molar-refractivity contribution in [2.24, 2.45) is 0 Å². The zero-order valence-corrected chi connectivity index (χ0v) is 16.3. The Hall–Kier alpha value is -3.40. The lowest BCUT2D eigenvalue weighted by molar-refractivity contribution is -0.130. The van der Waals surface area contributed by atoms with Crippen molar-refractivity contribution in [3.05, 3.63) is 60.2 Å². The molecule has 2 N–H and O–H groups in total. The predicted molar refractivity (Wildman–Crippen MR) is 107 cm³/mol. The quantitative estimate of drug-likeness (QED) is 0.698. The van der Waals surface area contributed by atoms with Crippen molar-refractivity contribution >= 4 is 40.7 Å². The number of carbonyl (C=O) groups is 3. The van der Waals surface area contributed by atoms with Crippen LogP contribution in [0.5, 0.6) is 0 Å². The van der Waals surface area contributed by atoms with Crippen molar-refractivity contribution in [1.82, 2.24) is 20.3 Å². The summed E-state index contributed by atoms with van der Waals surface area (Å²) in [4.78, 5) is 42.8. The third-order valence-corrected chi connectivity index (χ3v) is 4.69. The van der Waals surface area contributed by atoms with E-state index in [2.05, 4.69) is 15.7 Å². The van der Waals surface area contributed by atoms with E-state index >= 15 is 0 Å². The van der Waals surface area contributed by atoms with E-state index in [1.165, 1.54) is 46.6 Å². The van der Waals surface area contributed by atoms with Gasteiger partial charge in [-0.25, -0.2) is 9.40 Å². The number of hydrogen-bond donors (Lipinski definition) is 2. The molecule has 29 heavy (non-hydrogen) atoms. The van der Waals surface area contributed by atoms with Gasteiger partial charge in [0, 0.05) is 24.6 Å². The highest BCUT2D eigenvalue weighted by molar-refractivity contribution is 7.80. The Labute approximate surface area is 171 Å². The Morgan fingerprint density at radius 1 is 1.24 bits per heavy atom. The Kier molecular flexibility index (Phi) is 6.13. The van der Waals surface area contributed by atoms with Gasteiger partial charge in [-0.2, -0.15) is 0 Å². The molecule has 0 unspecified atom stereocenters. The molecule has 0 radical (unpaired) electrons. The van der Waals surface area contributed by atoms with Crippen LogP contribution in [0.4, 0.5) is 10.1 Å². The Balaban J connectivity index is 1.75. The minimum atomic E-state index is -0.997. The molecule has 0 bridgehead atoms. The number of aromatic nitrogens is 1. The van der Waals surface area contributed by atoms with Crippen LogP contribution < -0.4 is 10.7 Å². The molecule has 0 saturated carbocycles. The number of benzene rings is 1. The van der Waals surface area contributed by atoms with Crippen LogP contribution in [0.25, 0.3) is 0 Å². The van der Waals surface area contributed by atoms with Crippen LogP contribution in [0.2, 0.25) is 0 Å². The van der Waals surface area contributed by atoms with Crippen molar-refractivity contribution < 1.29 is 18.8 Å². The fourth-order valence-electron chi connectivity index (χ4n) is 2.84. The first-order valence-corrected chi connectivity index (χ1v) is 9.22. The molecule has 0 aliphatic carbocycles. The smallest absolute Gasteiger partial charge is 0.271 e. The predicted octanol–water partition coefficient (Wildman–Crippen LogP) is 1.71. The topological polar surface area (TPSA) is 94.6 Å². The standard InChI is InChI=1S/C19H18FN5O3S/c1-2-24-18(28)15(10-16(26)22-14-7-5-13(20)6-8-14)25(19(24)29)23-17(27)12-4-3-9-21-11-12/h3-9,11,15H,2,10H2,1H3,(H,22,26)(H,23,27)/t15-/m0/s1. The maximum absolute atomic E-state index is 13.0. The van der Waals surface area contributed by atoms with Gasteiger partial charge >= 0.3 is 0 Å². The molecule has 1 aromatic heterocycles. The van der Waals surface area contributed by atoms with Crippen LogP contribution in [-0.4, -0.2) is 50.3 Å². The molecule has 3 amide bonds. The zero-order chi connectivity index (χ0) is 21.0. The molecule has 8 nitrogen and oxygen atoms in total. The highest BCUT2D eigenvalue weighted by atomic mass is 32.1. The molecule has 1 aromatic carbocycles. The number of thiocarbonyl (C=S) groups is 1. The lowest BCUT2D eigenvalue weighted by Gasteiger charge is -2.24. The third kappa shape index (κ3) is 4.54. The molecular formula is C19H18FN5O3S. The number of pyridine rings is 1. The Morgan fingerprint density at radius 3 is 2.59 bits per heavy atom. The van der Waals surface area contributed by atoms with Crippen LogP contribution in [0.1, 0.15) is 23.7 Å². The monoisotopic (exact) mass is 415 g/mol. The molecule has 150 valence electrons. The fourth-order valence-corrected chi connectivity index (χ4v) is 3.23. The molecule has 1 aliphatic rings. The van der Waals surface area contributed by atoms with Gasteiger partial charge in [0.15, 0.2) is 5.11 Å². The van der Waals surface area contributed by atoms with E-state index in [9.17, 15) is 18.8 Å². The number of nitrogens with one attached hydrogen (secondary N) is 2. The van der Waals surface area contributed by atoms with E-state index in [0.717, 1.165) is 0 Å². The number of likely N-dealkylation sites (N-methyl/N-ethyl adjacent to an activating group) is 1. The maximum atomic E-state index is 13.0. The summed E-state index contributed by atoms with van der Waals surface area (Å²) in [6.07, 6.45) is 2.66. The van der Waals surface area contributed by atoms with Crippen molar-refractivity contribution in [2.45, 2.75) is 19.4 Å². The molecular weight excluding hydrogens is 397 g/mol. The SMILES string of the molecule is CCN1C(=O)[C@H](CC(=O)Nc2ccc(F)cc2)N(NC(=O)c2cccnc2)C1=S. The molecule has 1 aliphatic heterocycles. The van der Waals surface area contributed by atoms with E-state index in [1.807, 2.05) is 0 Å². The first kappa shape index (κ1) is 20.3. The van der Waals surface area contributed by atoms with Crippen LogP contribution in [-0.2, 0) is 9.59 Å². The summed E-state index contributed by atoms with van der Waals surface area (Å²) < 4.78 is 13.0. The number of rotatable bonds is 6. The third-order valence-electron chi connectivity index (χ3n) is 4.27. The minimum Gasteiger partial charge on any atom is -0.326 e. The number of hydrogen-bond acceptors (Lipinski definition) is 5. The number of hydrazine groups is 1. The average molecular weight is 415 g/mol. The Morgan fingerprint density at radius 2 is 1.97 bits per heavy atom. The lowest BCUT2D eigenvalue weighted by atomic mass is 10.2. The molecule has 2 aromatic rings. The minimum absolute atomic E-state index is 0.106. The van der Waals surface area contributed by atoms with Crippen molar-refractivity contribution in [2.75, 3.05) is 11.9 Å². The van der Waals surface area contributed by atoms with E-state index < -0.39 is 29.6 Å². The van der Waals surface area contributed by atoms with Gasteiger partial charge < -0.3 is 5.32 Å². The van der Waals surface area contributed by atoms with Crippen LogP contribution in [0.15, 0.2) is 48.8 Å². The highest BCUT2D eigenvalue weighted by Gasteiger charge is 2.43. The summed E-state index contributed by atoms with van der Waals surface area (Å²) >= 11 is 5.31. The summed E-state index contributed by atoms with van der Waals surface area (Å²) in [5.41, 5.74) is 3.26. The second-order valence-corrected chi connectivity index (χ2v) is 6.56. The van der Waals surface area contributed by atoms with Crippen LogP contribution in [0.3, 0.4) is 0 Å². The number of anilines is 1.